The first-order valence-corrected chi connectivity index (χ1v) is 4.79. The van der Waals surface area contributed by atoms with Gasteiger partial charge in [-0.25, -0.2) is 0 Å². The summed E-state index contributed by atoms with van der Waals surface area (Å²) in [5.74, 6) is 0. The monoisotopic (exact) mass is 488 g/mol. The molecule has 0 spiro atoms. The van der Waals surface area contributed by atoms with E-state index in [1.54, 1.807) is 0 Å². The fraction of sp³-hybridized carbons (Fsp3) is 0. The van der Waals surface area contributed by atoms with E-state index in [0.717, 1.165) is 16.4 Å². The molecule has 0 aromatic heterocycles. The summed E-state index contributed by atoms with van der Waals surface area (Å²) < 4.78 is 0. The van der Waals surface area contributed by atoms with Gasteiger partial charge in [-0.1, -0.05) is 0 Å². The standard InChI is InChI=1S/Li.Na.Ni.Pb.Sn.Zn.8H. The number of rotatable bonds is 0. The summed E-state index contributed by atoms with van der Waals surface area (Å²) in [4.78, 5) is 0. The van der Waals surface area contributed by atoms with E-state index in [0.29, 0.717) is 0 Å². The summed E-state index contributed by atoms with van der Waals surface area (Å²) >= 11 is 5.00. The third-order valence-electron chi connectivity index (χ3n) is 0. The number of hydrogen-bond acceptors (Lipinski definition) is 0. The molecule has 0 nitrogen and oxygen atoms in total. The van der Waals surface area contributed by atoms with Crippen molar-refractivity contribution in [1.82, 2.24) is 0 Å². The topological polar surface area (TPSA) is 0 Å². The van der Waals surface area contributed by atoms with Gasteiger partial charge in [0.25, 0.3) is 0 Å². The molecule has 0 N–H and O–H groups in total. The van der Waals surface area contributed by atoms with Crippen LogP contribution in [0.4, 0.5) is 0 Å². The van der Waals surface area contributed by atoms with Gasteiger partial charge in [-0.2, -0.15) is 0 Å². The third kappa shape index (κ3) is 23.7. The molecular formula is H8LiNaNiPbSnZn. The van der Waals surface area contributed by atoms with Crippen molar-refractivity contribution in [3.05, 3.63) is 0 Å². The van der Waals surface area contributed by atoms with E-state index in [1.807, 2.05) is 0 Å². The Morgan fingerprint density at radius 1 is 1.17 bits per heavy atom. The SMILES string of the molecule is [LiH].[NaH].[Ni][Zn].[PbH2].[SnH4]. The van der Waals surface area contributed by atoms with Crippen LogP contribution in [0.2, 0.25) is 0 Å². The molecule has 2 radical (unpaired) electrons. The molecule has 0 aromatic rings. The van der Waals surface area contributed by atoms with Crippen LogP contribution in [0.1, 0.15) is 0 Å². The summed E-state index contributed by atoms with van der Waals surface area (Å²) in [6.45, 7) is 0. The molecule has 0 saturated carbocycles. The molecule has 0 atom stereocenters. The van der Waals surface area contributed by atoms with Crippen LogP contribution in [0.5, 0.6) is 0 Å². The minimum absolute atomic E-state index is 0. The Bertz CT molecular complexity index is 15.5. The summed E-state index contributed by atoms with van der Waals surface area (Å²) in [6.07, 6.45) is 0. The fourth-order valence-corrected chi connectivity index (χ4v) is 0. The molecule has 0 amide bonds. The maximum absolute atomic E-state index is 4.00. The zero-order chi connectivity index (χ0) is 2.00. The van der Waals surface area contributed by atoms with Gasteiger partial charge in [0.1, 0.15) is 0 Å². The second-order valence-electron chi connectivity index (χ2n) is 0. The van der Waals surface area contributed by atoms with Gasteiger partial charge >= 0.3 is 129 Å². The van der Waals surface area contributed by atoms with Crippen LogP contribution in [0.25, 0.3) is 0 Å². The zero-order valence-electron chi connectivity index (χ0n) is 1.73. The normalized spacial score (nSPS) is 1.33. The van der Waals surface area contributed by atoms with E-state index < -0.39 is 0 Å². The minimum atomic E-state index is 0. The van der Waals surface area contributed by atoms with E-state index in [4.69, 9.17) is 0 Å². The Morgan fingerprint density at radius 2 is 1.17 bits per heavy atom. The van der Waals surface area contributed by atoms with Gasteiger partial charge in [0, 0.05) is 0 Å². The van der Waals surface area contributed by atoms with Crippen LogP contribution in [0, 0.1) is 0 Å². The van der Waals surface area contributed by atoms with E-state index in [2.05, 4.69) is 13.2 Å². The molecule has 0 heterocycles. The van der Waals surface area contributed by atoms with Crippen molar-refractivity contribution in [1.29, 1.82) is 0 Å². The van der Waals surface area contributed by atoms with Crippen LogP contribution in [0.3, 0.4) is 0 Å². The summed E-state index contributed by atoms with van der Waals surface area (Å²) in [6, 6.07) is 0. The molecule has 6 heavy (non-hydrogen) atoms. The average molecular weight is 488 g/mol. The van der Waals surface area contributed by atoms with Crippen molar-refractivity contribution in [2.45, 2.75) is 0 Å². The van der Waals surface area contributed by atoms with E-state index in [-0.39, 0.29) is 99.6 Å². The first kappa shape index (κ1) is 31.4. The summed E-state index contributed by atoms with van der Waals surface area (Å²) in [5.41, 5.74) is 0. The van der Waals surface area contributed by atoms with Gasteiger partial charge in [-0.15, -0.1) is 0 Å². The third-order valence-corrected chi connectivity index (χ3v) is 0. The molecule has 0 aliphatic rings. The summed E-state index contributed by atoms with van der Waals surface area (Å²) in [7, 11) is 0. The average Bonchev–Trinajstić information content (AvgIpc) is 1.00. The fourth-order valence-electron chi connectivity index (χ4n) is 0. The first-order valence-electron chi connectivity index (χ1n) is 0.224. The van der Waals surface area contributed by atoms with E-state index in [1.165, 1.54) is 0 Å². The second-order valence-corrected chi connectivity index (χ2v) is 0. The van der Waals surface area contributed by atoms with Gasteiger partial charge in [0.15, 0.2) is 0 Å². The summed E-state index contributed by atoms with van der Waals surface area (Å²) in [5, 5.41) is 0. The van der Waals surface area contributed by atoms with Gasteiger partial charge in [-0.3, -0.25) is 0 Å². The molecule has 0 aromatic carbocycles. The van der Waals surface area contributed by atoms with Crippen molar-refractivity contribution in [2.75, 3.05) is 0 Å². The molecule has 30 valence electrons. The quantitative estimate of drug-likeness (QED) is 0.309. The molecule has 0 saturated heterocycles. The first-order chi connectivity index (χ1) is 1.00. The van der Waals surface area contributed by atoms with Gasteiger partial charge in [0.05, 0.1) is 0 Å². The van der Waals surface area contributed by atoms with Gasteiger partial charge < -0.3 is 0 Å². The molecule has 0 bridgehead atoms. The van der Waals surface area contributed by atoms with Crippen molar-refractivity contribution in [2.24, 2.45) is 0 Å². The van der Waals surface area contributed by atoms with Gasteiger partial charge in [0.2, 0.25) is 0 Å². The van der Waals surface area contributed by atoms with Crippen molar-refractivity contribution in [3.63, 3.8) is 0 Å². The van der Waals surface area contributed by atoms with E-state index in [9.17, 15) is 0 Å². The Kier molecular flexibility index (Phi) is 179. The second kappa shape index (κ2) is 34.1. The molecule has 0 aliphatic carbocycles. The van der Waals surface area contributed by atoms with Crippen LogP contribution in [-0.2, 0) is 29.6 Å². The molecular weight excluding hydrogens is 480 g/mol. The predicted molar refractivity (Wildman–Crippen MR) is 34.2 cm³/mol. The van der Waals surface area contributed by atoms with Crippen molar-refractivity contribution in [3.8, 4) is 0 Å². The predicted octanol–water partition coefficient (Wildman–Crippen LogP) is -3.67. The zero-order valence-corrected chi connectivity index (χ0v) is 11.2. The Labute approximate surface area is 126 Å². The molecule has 0 aliphatic heterocycles. The molecule has 0 rings (SSSR count). The van der Waals surface area contributed by atoms with Crippen molar-refractivity contribution < 1.29 is 29.6 Å². The van der Waals surface area contributed by atoms with Crippen LogP contribution < -0.4 is 0 Å². The Balaban J connectivity index is -0.000000000833. The maximum atomic E-state index is 4.00. The molecule has 0 fully saturated rings. The van der Waals surface area contributed by atoms with Crippen LogP contribution >= 0.6 is 0 Å². The molecule has 0 unspecified atom stereocenters. The van der Waals surface area contributed by atoms with Crippen molar-refractivity contribution >= 4 is 99.6 Å². The molecule has 6 heteroatoms. The Hall–Kier alpha value is 4.44. The van der Waals surface area contributed by atoms with Gasteiger partial charge in [-0.05, 0) is 0 Å². The van der Waals surface area contributed by atoms with E-state index >= 15 is 0 Å². The number of hydrogen-bond donors (Lipinski definition) is 0. The van der Waals surface area contributed by atoms with Crippen LogP contribution in [0.15, 0.2) is 0 Å². The van der Waals surface area contributed by atoms with Crippen LogP contribution in [-0.4, -0.2) is 99.6 Å². The Morgan fingerprint density at radius 3 is 1.17 bits per heavy atom.